The topological polar surface area (TPSA) is 92.4 Å². The lowest BCUT2D eigenvalue weighted by Gasteiger charge is -2.07. The zero-order valence-electron chi connectivity index (χ0n) is 9.71. The molecule has 0 spiro atoms. The van der Waals surface area contributed by atoms with Gasteiger partial charge in [-0.15, -0.1) is 0 Å². The van der Waals surface area contributed by atoms with Crippen LogP contribution >= 0.6 is 11.6 Å². The minimum absolute atomic E-state index is 0.0237. The number of benzene rings is 1. The van der Waals surface area contributed by atoms with Crippen LogP contribution in [-0.4, -0.2) is 18.7 Å². The van der Waals surface area contributed by atoms with Crippen LogP contribution in [0, 0.1) is 0 Å². The van der Waals surface area contributed by atoms with Gasteiger partial charge in [-0.05, 0) is 23.8 Å². The number of sulfonamides is 1. The Morgan fingerprint density at radius 1 is 1.37 bits per heavy atom. The highest BCUT2D eigenvalue weighted by Crippen LogP contribution is 2.20. The summed E-state index contributed by atoms with van der Waals surface area (Å²) in [7, 11) is -3.69. The molecule has 2 rings (SSSR count). The van der Waals surface area contributed by atoms with Crippen LogP contribution in [0.1, 0.15) is 11.3 Å². The predicted molar refractivity (Wildman–Crippen MR) is 67.9 cm³/mol. The average molecular weight is 303 g/mol. The van der Waals surface area contributed by atoms with Crippen LogP contribution in [0.25, 0.3) is 0 Å². The van der Waals surface area contributed by atoms with Gasteiger partial charge in [0.15, 0.2) is 0 Å². The molecule has 0 aliphatic heterocycles. The van der Waals surface area contributed by atoms with Gasteiger partial charge in [0.05, 0.1) is 23.7 Å². The summed E-state index contributed by atoms with van der Waals surface area (Å²) in [6.45, 7) is -0.304. The van der Waals surface area contributed by atoms with Gasteiger partial charge in [0, 0.05) is 11.1 Å². The van der Waals surface area contributed by atoms with E-state index >= 15 is 0 Å². The van der Waals surface area contributed by atoms with Crippen LogP contribution in [0.15, 0.2) is 39.9 Å². The second kappa shape index (κ2) is 5.70. The van der Waals surface area contributed by atoms with Gasteiger partial charge in [-0.25, -0.2) is 13.1 Å². The number of nitrogens with one attached hydrogen (secondary N) is 1. The molecule has 1 heterocycles. The van der Waals surface area contributed by atoms with E-state index in [2.05, 4.69) is 14.4 Å². The first-order valence-corrected chi connectivity index (χ1v) is 7.17. The van der Waals surface area contributed by atoms with E-state index in [0.29, 0.717) is 16.3 Å². The van der Waals surface area contributed by atoms with Gasteiger partial charge in [-0.2, -0.15) is 0 Å². The molecule has 0 saturated carbocycles. The zero-order chi connectivity index (χ0) is 13.9. The predicted octanol–water partition coefficient (Wildman–Crippen LogP) is 1.30. The Labute approximate surface area is 115 Å². The number of aliphatic hydroxyl groups excluding tert-OH is 1. The summed E-state index contributed by atoms with van der Waals surface area (Å²) in [5.41, 5.74) is 0.825. The number of hydrogen-bond donors (Lipinski definition) is 2. The van der Waals surface area contributed by atoms with Crippen molar-refractivity contribution >= 4 is 21.6 Å². The quantitative estimate of drug-likeness (QED) is 0.868. The number of rotatable bonds is 5. The van der Waals surface area contributed by atoms with Crippen LogP contribution in [0.5, 0.6) is 0 Å². The number of hydrogen-bond acceptors (Lipinski definition) is 5. The molecule has 0 amide bonds. The number of aromatic nitrogens is 1. The van der Waals surface area contributed by atoms with E-state index in [1.165, 1.54) is 24.5 Å². The molecular formula is C11H11ClN2O4S. The van der Waals surface area contributed by atoms with E-state index in [-0.39, 0.29) is 18.0 Å². The fraction of sp³-hybridized carbons (Fsp3) is 0.182. The van der Waals surface area contributed by atoms with Gasteiger partial charge in [-0.1, -0.05) is 16.8 Å². The molecule has 0 atom stereocenters. The van der Waals surface area contributed by atoms with Crippen LogP contribution in [0.2, 0.25) is 5.02 Å². The lowest BCUT2D eigenvalue weighted by molar-refractivity contribution is 0.281. The van der Waals surface area contributed by atoms with E-state index in [9.17, 15) is 8.42 Å². The maximum Gasteiger partial charge on any atom is 0.240 e. The Kier molecular flexibility index (Phi) is 4.20. The van der Waals surface area contributed by atoms with Crippen molar-refractivity contribution in [1.29, 1.82) is 0 Å². The summed E-state index contributed by atoms with van der Waals surface area (Å²) in [6.07, 6.45) is 1.36. The summed E-state index contributed by atoms with van der Waals surface area (Å²) >= 11 is 5.81. The van der Waals surface area contributed by atoms with Crippen molar-refractivity contribution in [2.45, 2.75) is 18.0 Å². The van der Waals surface area contributed by atoms with Crippen molar-refractivity contribution in [3.8, 4) is 0 Å². The molecule has 2 N–H and O–H groups in total. The van der Waals surface area contributed by atoms with Gasteiger partial charge in [-0.3, -0.25) is 0 Å². The Bertz CT molecular complexity index is 655. The zero-order valence-corrected chi connectivity index (χ0v) is 11.3. The van der Waals surface area contributed by atoms with E-state index in [0.717, 1.165) is 0 Å². The van der Waals surface area contributed by atoms with Gasteiger partial charge >= 0.3 is 0 Å². The van der Waals surface area contributed by atoms with Crippen molar-refractivity contribution in [2.75, 3.05) is 0 Å². The van der Waals surface area contributed by atoms with E-state index in [4.69, 9.17) is 16.7 Å². The molecule has 0 unspecified atom stereocenters. The van der Waals surface area contributed by atoms with Crippen molar-refractivity contribution in [2.24, 2.45) is 0 Å². The molecule has 0 bridgehead atoms. The Morgan fingerprint density at radius 2 is 2.16 bits per heavy atom. The lowest BCUT2D eigenvalue weighted by Crippen LogP contribution is -2.23. The molecule has 0 saturated heterocycles. The Morgan fingerprint density at radius 3 is 2.79 bits per heavy atom. The molecule has 6 nitrogen and oxygen atoms in total. The molecule has 0 aliphatic rings. The summed E-state index contributed by atoms with van der Waals surface area (Å²) in [4.78, 5) is 0.0319. The first-order valence-electron chi connectivity index (χ1n) is 5.31. The maximum absolute atomic E-state index is 12.0. The average Bonchev–Trinajstić information content (AvgIpc) is 2.90. The van der Waals surface area contributed by atoms with Gasteiger partial charge < -0.3 is 9.63 Å². The third-order valence-corrected chi connectivity index (χ3v) is 4.20. The third-order valence-electron chi connectivity index (χ3n) is 2.43. The Hall–Kier alpha value is -1.41. The molecule has 1 aromatic carbocycles. The Balaban J connectivity index is 2.19. The molecule has 0 radical (unpaired) electrons. The number of halogens is 1. The summed E-state index contributed by atoms with van der Waals surface area (Å²) in [6, 6.07) is 5.68. The SMILES string of the molecule is O=S(=O)(NCc1ccon1)c1ccc(Cl)c(CO)c1. The van der Waals surface area contributed by atoms with Crippen molar-refractivity contribution in [3.05, 3.63) is 46.8 Å². The largest absolute Gasteiger partial charge is 0.392 e. The molecule has 2 aromatic rings. The van der Waals surface area contributed by atoms with Crippen molar-refractivity contribution in [3.63, 3.8) is 0 Å². The normalized spacial score (nSPS) is 11.7. The standard InChI is InChI=1S/C11H11ClN2O4S/c12-11-2-1-10(5-8(11)7-15)19(16,17)13-6-9-3-4-18-14-9/h1-5,13,15H,6-7H2. The highest BCUT2D eigenvalue weighted by Gasteiger charge is 2.16. The lowest BCUT2D eigenvalue weighted by atomic mass is 10.2. The second-order valence-electron chi connectivity index (χ2n) is 3.73. The maximum atomic E-state index is 12.0. The van der Waals surface area contributed by atoms with Gasteiger partial charge in [0.2, 0.25) is 10.0 Å². The van der Waals surface area contributed by atoms with E-state index < -0.39 is 10.0 Å². The first kappa shape index (κ1) is 14.0. The molecule has 8 heteroatoms. The van der Waals surface area contributed by atoms with Crippen LogP contribution in [0.3, 0.4) is 0 Å². The summed E-state index contributed by atoms with van der Waals surface area (Å²) in [5.74, 6) is 0. The molecule has 1 aromatic heterocycles. The smallest absolute Gasteiger partial charge is 0.240 e. The molecule has 19 heavy (non-hydrogen) atoms. The number of aliphatic hydroxyl groups is 1. The van der Waals surface area contributed by atoms with Crippen molar-refractivity contribution in [1.82, 2.24) is 9.88 Å². The van der Waals surface area contributed by atoms with Crippen LogP contribution in [-0.2, 0) is 23.2 Å². The van der Waals surface area contributed by atoms with Crippen LogP contribution < -0.4 is 4.72 Å². The third kappa shape index (κ3) is 3.32. The monoisotopic (exact) mass is 302 g/mol. The van der Waals surface area contributed by atoms with Gasteiger partial charge in [0.1, 0.15) is 6.26 Å². The fourth-order valence-corrected chi connectivity index (χ4v) is 2.65. The summed E-state index contributed by atoms with van der Waals surface area (Å²) in [5, 5.41) is 13.0. The molecular weight excluding hydrogens is 292 g/mol. The first-order chi connectivity index (χ1) is 9.03. The highest BCUT2D eigenvalue weighted by molar-refractivity contribution is 7.89. The van der Waals surface area contributed by atoms with Crippen molar-refractivity contribution < 1.29 is 18.0 Å². The second-order valence-corrected chi connectivity index (χ2v) is 5.90. The minimum atomic E-state index is -3.69. The van der Waals surface area contributed by atoms with E-state index in [1.807, 2.05) is 0 Å². The molecule has 0 aliphatic carbocycles. The van der Waals surface area contributed by atoms with E-state index in [1.54, 1.807) is 6.07 Å². The minimum Gasteiger partial charge on any atom is -0.392 e. The molecule has 0 fully saturated rings. The summed E-state index contributed by atoms with van der Waals surface area (Å²) < 4.78 is 31.0. The molecule has 102 valence electrons. The highest BCUT2D eigenvalue weighted by atomic mass is 35.5. The number of nitrogens with zero attached hydrogens (tertiary/aromatic N) is 1. The fourth-order valence-electron chi connectivity index (χ4n) is 1.42. The van der Waals surface area contributed by atoms with Crippen LogP contribution in [0.4, 0.5) is 0 Å². The van der Waals surface area contributed by atoms with Gasteiger partial charge in [0.25, 0.3) is 0 Å².